The van der Waals surface area contributed by atoms with Crippen molar-refractivity contribution >= 4 is 5.91 Å². The van der Waals surface area contributed by atoms with Gasteiger partial charge in [0.2, 0.25) is 5.91 Å². The maximum atomic E-state index is 11.6. The van der Waals surface area contributed by atoms with E-state index >= 15 is 0 Å². The summed E-state index contributed by atoms with van der Waals surface area (Å²) in [5.74, 6) is 0.913. The van der Waals surface area contributed by atoms with Crippen LogP contribution in [0.15, 0.2) is 24.3 Å². The van der Waals surface area contributed by atoms with E-state index in [1.165, 1.54) is 0 Å². The van der Waals surface area contributed by atoms with Crippen molar-refractivity contribution in [3.05, 3.63) is 29.8 Å². The lowest BCUT2D eigenvalue weighted by Gasteiger charge is -2.14. The highest BCUT2D eigenvalue weighted by Crippen LogP contribution is 2.19. The number of benzene rings is 1. The van der Waals surface area contributed by atoms with Crippen LogP contribution in [0.5, 0.6) is 5.75 Å². The lowest BCUT2D eigenvalue weighted by Crippen LogP contribution is -2.36. The van der Waals surface area contributed by atoms with Crippen LogP contribution in [0.25, 0.3) is 0 Å². The molecule has 0 unspecified atom stereocenters. The molecule has 1 aliphatic rings. The molecular weight excluding hydrogens is 228 g/mol. The number of carbonyl (C=O) groups is 1. The fourth-order valence-electron chi connectivity index (χ4n) is 1.78. The molecule has 1 atom stereocenters. The van der Waals surface area contributed by atoms with Gasteiger partial charge in [0.05, 0.1) is 13.7 Å². The molecule has 2 N–H and O–H groups in total. The summed E-state index contributed by atoms with van der Waals surface area (Å²) in [5.41, 5.74) is 1.12. The van der Waals surface area contributed by atoms with Crippen molar-refractivity contribution in [3.63, 3.8) is 0 Å². The van der Waals surface area contributed by atoms with Crippen LogP contribution in [0.1, 0.15) is 31.4 Å². The van der Waals surface area contributed by atoms with Gasteiger partial charge < -0.3 is 15.4 Å². The van der Waals surface area contributed by atoms with Gasteiger partial charge in [0, 0.05) is 12.1 Å². The van der Waals surface area contributed by atoms with E-state index in [1.54, 1.807) is 7.11 Å². The van der Waals surface area contributed by atoms with E-state index in [1.807, 2.05) is 31.2 Å². The second-order valence-corrected chi connectivity index (χ2v) is 4.72. The molecule has 4 nitrogen and oxygen atoms in total. The van der Waals surface area contributed by atoms with Gasteiger partial charge in [-0.3, -0.25) is 4.79 Å². The van der Waals surface area contributed by atoms with E-state index in [4.69, 9.17) is 4.74 Å². The number of hydrogen-bond donors (Lipinski definition) is 2. The summed E-state index contributed by atoms with van der Waals surface area (Å²) < 4.78 is 5.18. The molecule has 98 valence electrons. The fraction of sp³-hybridized carbons (Fsp3) is 0.500. The third-order valence-electron chi connectivity index (χ3n) is 3.11. The van der Waals surface area contributed by atoms with Crippen molar-refractivity contribution in [1.82, 2.24) is 10.6 Å². The van der Waals surface area contributed by atoms with E-state index < -0.39 is 0 Å². The summed E-state index contributed by atoms with van der Waals surface area (Å²) >= 11 is 0. The van der Waals surface area contributed by atoms with Crippen molar-refractivity contribution in [2.75, 3.05) is 13.7 Å². The summed E-state index contributed by atoms with van der Waals surface area (Å²) in [6.07, 6.45) is 2.24. The maximum Gasteiger partial charge on any atom is 0.234 e. The van der Waals surface area contributed by atoms with Gasteiger partial charge >= 0.3 is 0 Å². The van der Waals surface area contributed by atoms with Gasteiger partial charge in [-0.25, -0.2) is 0 Å². The van der Waals surface area contributed by atoms with Gasteiger partial charge in [-0.2, -0.15) is 0 Å². The zero-order chi connectivity index (χ0) is 13.0. The molecule has 1 aromatic rings. The first kappa shape index (κ1) is 12.9. The van der Waals surface area contributed by atoms with Crippen molar-refractivity contribution in [3.8, 4) is 5.75 Å². The number of methoxy groups -OCH3 is 1. The first-order chi connectivity index (χ1) is 8.69. The Morgan fingerprint density at radius 3 is 2.94 bits per heavy atom. The Morgan fingerprint density at radius 2 is 2.28 bits per heavy atom. The smallest absolute Gasteiger partial charge is 0.234 e. The standard InChI is InChI=1S/C14H20N2O2/c1-10(11-4-3-5-13(8-11)18-2)15-9-14(17)16-12-6-7-12/h3-5,8,10,12,15H,6-7,9H2,1-2H3,(H,16,17)/t10-/m0/s1. The zero-order valence-corrected chi connectivity index (χ0v) is 10.9. The van der Waals surface area contributed by atoms with Gasteiger partial charge in [-0.05, 0) is 37.5 Å². The predicted molar refractivity (Wildman–Crippen MR) is 70.6 cm³/mol. The van der Waals surface area contributed by atoms with Gasteiger partial charge in [-0.1, -0.05) is 12.1 Å². The second-order valence-electron chi connectivity index (χ2n) is 4.72. The lowest BCUT2D eigenvalue weighted by molar-refractivity contribution is -0.120. The minimum absolute atomic E-state index is 0.0762. The Labute approximate surface area is 108 Å². The molecule has 0 spiro atoms. The first-order valence-electron chi connectivity index (χ1n) is 6.35. The zero-order valence-electron chi connectivity index (χ0n) is 10.9. The number of hydrogen-bond acceptors (Lipinski definition) is 3. The lowest BCUT2D eigenvalue weighted by atomic mass is 10.1. The molecule has 0 aromatic heterocycles. The minimum Gasteiger partial charge on any atom is -0.497 e. The molecule has 0 radical (unpaired) electrons. The molecular formula is C14H20N2O2. The third kappa shape index (κ3) is 3.74. The van der Waals surface area contributed by atoms with Crippen molar-refractivity contribution in [2.24, 2.45) is 0 Å². The van der Waals surface area contributed by atoms with Crippen LogP contribution in [0, 0.1) is 0 Å². The van der Waals surface area contributed by atoms with E-state index in [-0.39, 0.29) is 11.9 Å². The van der Waals surface area contributed by atoms with Crippen LogP contribution in [-0.2, 0) is 4.79 Å². The molecule has 1 aromatic carbocycles. The molecule has 0 saturated heterocycles. The van der Waals surface area contributed by atoms with Gasteiger partial charge in [0.1, 0.15) is 5.75 Å². The highest BCUT2D eigenvalue weighted by atomic mass is 16.5. The maximum absolute atomic E-state index is 11.6. The number of nitrogens with one attached hydrogen (secondary N) is 2. The number of rotatable bonds is 6. The van der Waals surface area contributed by atoms with Gasteiger partial charge in [0.25, 0.3) is 0 Å². The summed E-state index contributed by atoms with van der Waals surface area (Å²) in [6, 6.07) is 8.43. The van der Waals surface area contributed by atoms with Crippen LogP contribution in [-0.4, -0.2) is 25.6 Å². The summed E-state index contributed by atoms with van der Waals surface area (Å²) in [6.45, 7) is 2.40. The summed E-state index contributed by atoms with van der Waals surface area (Å²) in [4.78, 5) is 11.6. The van der Waals surface area contributed by atoms with Crippen LogP contribution in [0.4, 0.5) is 0 Å². The summed E-state index contributed by atoms with van der Waals surface area (Å²) in [5, 5.41) is 6.17. The highest BCUT2D eigenvalue weighted by Gasteiger charge is 2.23. The molecule has 1 aliphatic carbocycles. The molecule has 0 aliphatic heterocycles. The van der Waals surface area contributed by atoms with Crippen LogP contribution >= 0.6 is 0 Å². The van der Waals surface area contributed by atoms with E-state index in [9.17, 15) is 4.79 Å². The highest BCUT2D eigenvalue weighted by molar-refractivity contribution is 5.78. The molecule has 1 fully saturated rings. The molecule has 18 heavy (non-hydrogen) atoms. The molecule has 1 amide bonds. The molecule has 1 saturated carbocycles. The second kappa shape index (κ2) is 5.87. The Morgan fingerprint density at radius 1 is 1.50 bits per heavy atom. The molecule has 0 bridgehead atoms. The monoisotopic (exact) mass is 248 g/mol. The van der Waals surface area contributed by atoms with Gasteiger partial charge in [0.15, 0.2) is 0 Å². The summed E-state index contributed by atoms with van der Waals surface area (Å²) in [7, 11) is 1.65. The van der Waals surface area contributed by atoms with Crippen LogP contribution in [0.3, 0.4) is 0 Å². The van der Waals surface area contributed by atoms with Crippen molar-refractivity contribution in [1.29, 1.82) is 0 Å². The fourth-order valence-corrected chi connectivity index (χ4v) is 1.78. The Hall–Kier alpha value is -1.55. The SMILES string of the molecule is COc1cccc([C@H](C)NCC(=O)NC2CC2)c1. The Bertz CT molecular complexity index is 416. The van der Waals surface area contributed by atoms with Crippen LogP contribution < -0.4 is 15.4 Å². The van der Waals surface area contributed by atoms with E-state index in [2.05, 4.69) is 10.6 Å². The first-order valence-corrected chi connectivity index (χ1v) is 6.35. The normalized spacial score (nSPS) is 16.1. The van der Waals surface area contributed by atoms with Crippen molar-refractivity contribution < 1.29 is 9.53 Å². The Kier molecular flexibility index (Phi) is 4.20. The number of carbonyl (C=O) groups excluding carboxylic acids is 1. The molecule has 2 rings (SSSR count). The number of amides is 1. The Balaban J connectivity index is 1.82. The van der Waals surface area contributed by atoms with Crippen molar-refractivity contribution in [2.45, 2.75) is 31.8 Å². The van der Waals surface area contributed by atoms with Crippen LogP contribution in [0.2, 0.25) is 0 Å². The topological polar surface area (TPSA) is 50.4 Å². The average molecular weight is 248 g/mol. The quantitative estimate of drug-likeness (QED) is 0.804. The molecule has 4 heteroatoms. The predicted octanol–water partition coefficient (Wildman–Crippen LogP) is 1.62. The van der Waals surface area contributed by atoms with Gasteiger partial charge in [-0.15, -0.1) is 0 Å². The van der Waals surface area contributed by atoms with E-state index in [0.717, 1.165) is 24.2 Å². The van der Waals surface area contributed by atoms with E-state index in [0.29, 0.717) is 12.6 Å². The number of ether oxygens (including phenoxy) is 1. The molecule has 0 heterocycles. The minimum atomic E-state index is 0.0762. The average Bonchev–Trinajstić information content (AvgIpc) is 3.20. The third-order valence-corrected chi connectivity index (χ3v) is 3.11. The largest absolute Gasteiger partial charge is 0.497 e.